The van der Waals surface area contributed by atoms with Gasteiger partial charge in [0, 0.05) is 26.2 Å². The van der Waals surface area contributed by atoms with E-state index in [1.807, 2.05) is 23.8 Å². The molecule has 3 rings (SSSR count). The molecule has 27 heavy (non-hydrogen) atoms. The van der Waals surface area contributed by atoms with Gasteiger partial charge >= 0.3 is 11.8 Å². The van der Waals surface area contributed by atoms with E-state index < -0.39 is 11.8 Å². The summed E-state index contributed by atoms with van der Waals surface area (Å²) in [5, 5.41) is 9.34. The largest absolute Gasteiger partial charge is 0.379 e. The van der Waals surface area contributed by atoms with E-state index in [1.165, 1.54) is 5.56 Å². The van der Waals surface area contributed by atoms with Crippen LogP contribution in [0.3, 0.4) is 0 Å². The highest BCUT2D eigenvalue weighted by Crippen LogP contribution is 2.21. The molecule has 0 spiro atoms. The fraction of sp³-hybridized carbons (Fsp3) is 0.400. The highest BCUT2D eigenvalue weighted by Gasteiger charge is 2.24. The fourth-order valence-electron chi connectivity index (χ4n) is 3.06. The van der Waals surface area contributed by atoms with Gasteiger partial charge in [-0.05, 0) is 34.9 Å². The van der Waals surface area contributed by atoms with Crippen LogP contribution in [0.25, 0.3) is 0 Å². The molecule has 1 aromatic heterocycles. The Kier molecular flexibility index (Phi) is 6.98. The Bertz CT molecular complexity index is 740. The van der Waals surface area contributed by atoms with E-state index in [2.05, 4.69) is 39.8 Å². The quantitative estimate of drug-likeness (QED) is 0.743. The van der Waals surface area contributed by atoms with Gasteiger partial charge in [0.15, 0.2) is 0 Å². The van der Waals surface area contributed by atoms with Crippen LogP contribution in [-0.4, -0.2) is 49.6 Å². The van der Waals surface area contributed by atoms with Crippen molar-refractivity contribution < 1.29 is 14.3 Å². The van der Waals surface area contributed by atoms with E-state index in [0.29, 0.717) is 26.3 Å². The van der Waals surface area contributed by atoms with Crippen molar-refractivity contribution in [2.45, 2.75) is 19.5 Å². The van der Waals surface area contributed by atoms with Crippen LogP contribution in [0.1, 0.15) is 22.7 Å². The summed E-state index contributed by atoms with van der Waals surface area (Å²) >= 11 is 1.56. The first-order valence-electron chi connectivity index (χ1n) is 9.09. The van der Waals surface area contributed by atoms with Crippen LogP contribution >= 0.6 is 11.3 Å². The van der Waals surface area contributed by atoms with Gasteiger partial charge < -0.3 is 15.4 Å². The molecule has 2 aromatic rings. The van der Waals surface area contributed by atoms with Crippen molar-refractivity contribution in [1.29, 1.82) is 0 Å². The molecule has 1 fully saturated rings. The number of rotatable bonds is 6. The van der Waals surface area contributed by atoms with Crippen molar-refractivity contribution in [2.75, 3.05) is 32.8 Å². The third kappa shape index (κ3) is 5.63. The van der Waals surface area contributed by atoms with Gasteiger partial charge in [0.2, 0.25) is 0 Å². The predicted molar refractivity (Wildman–Crippen MR) is 105 cm³/mol. The number of carbonyl (C=O) groups is 2. The monoisotopic (exact) mass is 387 g/mol. The lowest BCUT2D eigenvalue weighted by atomic mass is 10.0. The van der Waals surface area contributed by atoms with Gasteiger partial charge in [-0.3, -0.25) is 14.5 Å². The molecule has 1 aliphatic heterocycles. The van der Waals surface area contributed by atoms with Crippen molar-refractivity contribution in [3.05, 3.63) is 57.8 Å². The second-order valence-electron chi connectivity index (χ2n) is 6.60. The lowest BCUT2D eigenvalue weighted by Crippen LogP contribution is -2.46. The minimum atomic E-state index is -0.606. The third-order valence-corrected chi connectivity index (χ3v) is 5.38. The van der Waals surface area contributed by atoms with Crippen molar-refractivity contribution in [1.82, 2.24) is 15.5 Å². The van der Waals surface area contributed by atoms with Crippen LogP contribution in [0.15, 0.2) is 41.1 Å². The molecule has 1 atom stereocenters. The lowest BCUT2D eigenvalue weighted by Gasteiger charge is -2.35. The van der Waals surface area contributed by atoms with Crippen molar-refractivity contribution >= 4 is 23.2 Å². The van der Waals surface area contributed by atoms with Crippen LogP contribution in [-0.2, 0) is 20.9 Å². The highest BCUT2D eigenvalue weighted by atomic mass is 32.1. The first-order chi connectivity index (χ1) is 13.1. The van der Waals surface area contributed by atoms with Crippen LogP contribution < -0.4 is 10.6 Å². The molecule has 0 bridgehead atoms. The van der Waals surface area contributed by atoms with Gasteiger partial charge in [0.25, 0.3) is 0 Å². The summed E-state index contributed by atoms with van der Waals surface area (Å²) in [5.74, 6) is -1.21. The molecule has 0 aliphatic carbocycles. The van der Waals surface area contributed by atoms with Gasteiger partial charge in [0.1, 0.15) is 0 Å². The Balaban J connectivity index is 1.58. The number of nitrogens with one attached hydrogen (secondary N) is 2. The number of nitrogens with zero attached hydrogens (tertiary/aromatic N) is 1. The van der Waals surface area contributed by atoms with E-state index in [4.69, 9.17) is 4.74 Å². The Morgan fingerprint density at radius 1 is 1.11 bits per heavy atom. The van der Waals surface area contributed by atoms with Gasteiger partial charge in [-0.1, -0.05) is 29.8 Å². The van der Waals surface area contributed by atoms with Gasteiger partial charge in [-0.25, -0.2) is 0 Å². The van der Waals surface area contributed by atoms with Gasteiger partial charge in [-0.2, -0.15) is 11.3 Å². The Hall–Kier alpha value is -2.22. The van der Waals surface area contributed by atoms with Crippen LogP contribution in [0, 0.1) is 6.92 Å². The number of aryl methyl sites for hydroxylation is 1. The van der Waals surface area contributed by atoms with Gasteiger partial charge in [0.05, 0.1) is 19.3 Å². The minimum Gasteiger partial charge on any atom is -0.379 e. The van der Waals surface area contributed by atoms with E-state index in [0.717, 1.165) is 24.2 Å². The second kappa shape index (κ2) is 9.64. The zero-order valence-corrected chi connectivity index (χ0v) is 16.3. The second-order valence-corrected chi connectivity index (χ2v) is 7.38. The van der Waals surface area contributed by atoms with E-state index in [1.54, 1.807) is 11.3 Å². The predicted octanol–water partition coefficient (Wildman–Crippen LogP) is 1.86. The maximum atomic E-state index is 12.2. The van der Waals surface area contributed by atoms with Crippen molar-refractivity contribution in [3.63, 3.8) is 0 Å². The smallest absolute Gasteiger partial charge is 0.309 e. The molecule has 1 unspecified atom stereocenters. The molecule has 1 saturated heterocycles. The number of hydrogen-bond donors (Lipinski definition) is 2. The Labute approximate surface area is 163 Å². The van der Waals surface area contributed by atoms with Crippen molar-refractivity contribution in [2.24, 2.45) is 0 Å². The number of benzene rings is 1. The van der Waals surface area contributed by atoms with Gasteiger partial charge in [-0.15, -0.1) is 0 Å². The highest BCUT2D eigenvalue weighted by molar-refractivity contribution is 7.07. The Morgan fingerprint density at radius 3 is 2.48 bits per heavy atom. The molecule has 6 nitrogen and oxygen atoms in total. The zero-order chi connectivity index (χ0) is 19.1. The molecule has 1 aromatic carbocycles. The summed E-state index contributed by atoms with van der Waals surface area (Å²) in [6.45, 7) is 5.76. The Morgan fingerprint density at radius 2 is 1.81 bits per heavy atom. The SMILES string of the molecule is Cc1ccc(C(CNC(=O)C(=O)NCc2ccsc2)N2CCOCC2)cc1. The summed E-state index contributed by atoms with van der Waals surface area (Å²) in [7, 11) is 0. The number of hydrogen-bond acceptors (Lipinski definition) is 5. The van der Waals surface area contributed by atoms with E-state index in [9.17, 15) is 9.59 Å². The first-order valence-corrected chi connectivity index (χ1v) is 10.0. The minimum absolute atomic E-state index is 0.0168. The van der Waals surface area contributed by atoms with Crippen LogP contribution in [0.4, 0.5) is 0 Å². The number of amides is 2. The average molecular weight is 388 g/mol. The van der Waals surface area contributed by atoms with Crippen LogP contribution in [0.2, 0.25) is 0 Å². The molecule has 1 aliphatic rings. The molecule has 144 valence electrons. The van der Waals surface area contributed by atoms with E-state index >= 15 is 0 Å². The van der Waals surface area contributed by atoms with Crippen molar-refractivity contribution in [3.8, 4) is 0 Å². The summed E-state index contributed by atoms with van der Waals surface area (Å²) in [6.07, 6.45) is 0. The number of thiophene rings is 1. The first kappa shape index (κ1) is 19.5. The number of ether oxygens (including phenoxy) is 1. The summed E-state index contributed by atoms with van der Waals surface area (Å²) in [5.41, 5.74) is 3.31. The normalized spacial score (nSPS) is 15.9. The number of morpholine rings is 1. The van der Waals surface area contributed by atoms with Crippen LogP contribution in [0.5, 0.6) is 0 Å². The molecule has 2 heterocycles. The maximum absolute atomic E-state index is 12.2. The summed E-state index contributed by atoms with van der Waals surface area (Å²) in [4.78, 5) is 26.6. The topological polar surface area (TPSA) is 70.7 Å². The average Bonchev–Trinajstić information content (AvgIpc) is 3.22. The zero-order valence-electron chi connectivity index (χ0n) is 15.4. The standard InChI is InChI=1S/C20H25N3O3S/c1-15-2-4-17(5-3-15)18(23-7-9-26-10-8-23)13-22-20(25)19(24)21-12-16-6-11-27-14-16/h2-6,11,14,18H,7-10,12-13H2,1H3,(H,21,24)(H,22,25). The number of carbonyl (C=O) groups excluding carboxylic acids is 2. The maximum Gasteiger partial charge on any atom is 0.309 e. The third-order valence-electron chi connectivity index (χ3n) is 4.64. The molecule has 7 heteroatoms. The molecular weight excluding hydrogens is 362 g/mol. The van der Waals surface area contributed by atoms with E-state index in [-0.39, 0.29) is 6.04 Å². The molecule has 0 radical (unpaired) electrons. The summed E-state index contributed by atoms with van der Waals surface area (Å²) in [6, 6.07) is 10.2. The molecule has 2 N–H and O–H groups in total. The fourth-order valence-corrected chi connectivity index (χ4v) is 3.73. The molecule has 2 amide bonds. The lowest BCUT2D eigenvalue weighted by molar-refractivity contribution is -0.139. The molecule has 0 saturated carbocycles. The molecular formula is C20H25N3O3S. The summed E-state index contributed by atoms with van der Waals surface area (Å²) < 4.78 is 5.44.